The Hall–Kier alpha value is -0.480. The normalized spacial score (nSPS) is 10.8. The zero-order valence-electron chi connectivity index (χ0n) is 5.49. The molecule has 12 heavy (non-hydrogen) atoms. The van der Waals surface area contributed by atoms with Crippen LogP contribution >= 0.6 is 23.2 Å². The van der Waals surface area contributed by atoms with E-state index in [0.717, 1.165) is 6.07 Å². The summed E-state index contributed by atoms with van der Waals surface area (Å²) in [4.78, 5) is 2.98. The Bertz CT molecular complexity index is 303. The molecule has 0 unspecified atom stereocenters. The van der Waals surface area contributed by atoms with E-state index in [9.17, 15) is 13.2 Å². The molecule has 0 radical (unpaired) electrons. The van der Waals surface area contributed by atoms with Crippen LogP contribution < -0.4 is 0 Å². The van der Waals surface area contributed by atoms with Crippen molar-refractivity contribution in [3.63, 3.8) is 0 Å². The molecule has 0 saturated heterocycles. The molecule has 0 aliphatic rings. The molecule has 0 aliphatic carbocycles. The first kappa shape index (κ1) is 9.61. The second kappa shape index (κ2) is 3.49. The molecule has 0 fully saturated rings. The van der Waals surface area contributed by atoms with Gasteiger partial charge >= 0.3 is 0 Å². The van der Waals surface area contributed by atoms with Gasteiger partial charge < -0.3 is 0 Å². The number of hydrogen-bond acceptors (Lipinski definition) is 1. The topological polar surface area (TPSA) is 12.9 Å². The fourth-order valence-corrected chi connectivity index (χ4v) is 0.984. The molecular formula is C6H2Cl2F3N. The van der Waals surface area contributed by atoms with Crippen LogP contribution in [0.2, 0.25) is 10.2 Å². The molecule has 1 aromatic rings. The van der Waals surface area contributed by atoms with Crippen molar-refractivity contribution in [2.24, 2.45) is 0 Å². The lowest BCUT2D eigenvalue weighted by atomic mass is 10.3. The van der Waals surface area contributed by atoms with Gasteiger partial charge in [-0.1, -0.05) is 23.2 Å². The van der Waals surface area contributed by atoms with Gasteiger partial charge in [-0.3, -0.25) is 0 Å². The summed E-state index contributed by atoms with van der Waals surface area (Å²) >= 11 is 10.4. The summed E-state index contributed by atoms with van der Waals surface area (Å²) in [5.41, 5.74) is -0.567. The van der Waals surface area contributed by atoms with Crippen molar-refractivity contribution in [2.75, 3.05) is 0 Å². The highest BCUT2D eigenvalue weighted by Crippen LogP contribution is 2.28. The zero-order valence-corrected chi connectivity index (χ0v) is 7.00. The van der Waals surface area contributed by atoms with Crippen LogP contribution in [0.1, 0.15) is 12.0 Å². The van der Waals surface area contributed by atoms with Crippen molar-refractivity contribution in [3.8, 4) is 0 Å². The number of halogens is 5. The van der Waals surface area contributed by atoms with Gasteiger partial charge in [-0.05, 0) is 6.07 Å². The molecule has 0 amide bonds. The van der Waals surface area contributed by atoms with Crippen molar-refractivity contribution < 1.29 is 13.2 Å². The van der Waals surface area contributed by atoms with Crippen LogP contribution in [0.5, 0.6) is 0 Å². The average molecular weight is 216 g/mol. The third kappa shape index (κ3) is 1.81. The molecule has 0 spiro atoms. The van der Waals surface area contributed by atoms with E-state index in [0.29, 0.717) is 0 Å². The summed E-state index contributed by atoms with van der Waals surface area (Å²) in [6.45, 7) is 0. The predicted octanol–water partition coefficient (Wildman–Crippen LogP) is 3.47. The van der Waals surface area contributed by atoms with Crippen molar-refractivity contribution in [2.45, 2.75) is 6.43 Å². The van der Waals surface area contributed by atoms with E-state index in [-0.39, 0.29) is 0 Å². The van der Waals surface area contributed by atoms with Gasteiger partial charge in [-0.15, -0.1) is 0 Å². The summed E-state index contributed by atoms with van der Waals surface area (Å²) in [7, 11) is 0. The van der Waals surface area contributed by atoms with Crippen LogP contribution in [0.15, 0.2) is 6.07 Å². The lowest BCUT2D eigenvalue weighted by Gasteiger charge is -2.02. The van der Waals surface area contributed by atoms with E-state index in [4.69, 9.17) is 23.2 Å². The molecule has 6 heteroatoms. The van der Waals surface area contributed by atoms with Crippen LogP contribution in [0.4, 0.5) is 13.2 Å². The minimum Gasteiger partial charge on any atom is -0.206 e. The lowest BCUT2D eigenvalue weighted by Crippen LogP contribution is -1.93. The fraction of sp³-hybridized carbons (Fsp3) is 0.167. The third-order valence-corrected chi connectivity index (χ3v) is 1.72. The maximum Gasteiger partial charge on any atom is 0.266 e. The molecule has 0 aliphatic heterocycles. The first-order valence-corrected chi connectivity index (χ1v) is 3.57. The maximum atomic E-state index is 12.5. The Labute approximate surface area is 76.1 Å². The second-order valence-corrected chi connectivity index (χ2v) is 2.71. The van der Waals surface area contributed by atoms with Gasteiger partial charge in [0.05, 0.1) is 10.6 Å². The van der Waals surface area contributed by atoms with Gasteiger partial charge in [-0.25, -0.2) is 13.8 Å². The number of alkyl halides is 2. The molecule has 66 valence electrons. The van der Waals surface area contributed by atoms with Gasteiger partial charge in [0.15, 0.2) is 0 Å². The highest BCUT2D eigenvalue weighted by atomic mass is 35.5. The Morgan fingerprint density at radius 3 is 2.42 bits per heavy atom. The van der Waals surface area contributed by atoms with Crippen LogP contribution in [-0.4, -0.2) is 4.98 Å². The van der Waals surface area contributed by atoms with Gasteiger partial charge in [0.25, 0.3) is 6.43 Å². The van der Waals surface area contributed by atoms with Gasteiger partial charge in [-0.2, -0.15) is 4.39 Å². The van der Waals surface area contributed by atoms with Crippen molar-refractivity contribution in [1.29, 1.82) is 0 Å². The van der Waals surface area contributed by atoms with Gasteiger partial charge in [0.1, 0.15) is 5.15 Å². The van der Waals surface area contributed by atoms with Gasteiger partial charge in [0, 0.05) is 0 Å². The van der Waals surface area contributed by atoms with Crippen LogP contribution in [0, 0.1) is 5.95 Å². The summed E-state index contributed by atoms with van der Waals surface area (Å²) in [6.07, 6.45) is -2.80. The minimum atomic E-state index is -2.80. The first-order chi connectivity index (χ1) is 5.52. The quantitative estimate of drug-likeness (QED) is 0.655. The smallest absolute Gasteiger partial charge is 0.206 e. The molecule has 0 aromatic carbocycles. The third-order valence-electron chi connectivity index (χ3n) is 1.15. The highest BCUT2D eigenvalue weighted by molar-refractivity contribution is 6.32. The maximum absolute atomic E-state index is 12.5. The largest absolute Gasteiger partial charge is 0.266 e. The number of pyridine rings is 1. The molecule has 0 bridgehead atoms. The van der Waals surface area contributed by atoms with Crippen molar-refractivity contribution in [1.82, 2.24) is 4.98 Å². The molecule has 0 N–H and O–H groups in total. The Balaban J connectivity index is 3.23. The van der Waals surface area contributed by atoms with E-state index >= 15 is 0 Å². The first-order valence-electron chi connectivity index (χ1n) is 2.82. The van der Waals surface area contributed by atoms with Crippen LogP contribution in [0.3, 0.4) is 0 Å². The molecule has 1 heterocycles. The highest BCUT2D eigenvalue weighted by Gasteiger charge is 2.16. The van der Waals surface area contributed by atoms with Gasteiger partial charge in [0.2, 0.25) is 5.95 Å². The van der Waals surface area contributed by atoms with Crippen molar-refractivity contribution in [3.05, 3.63) is 27.8 Å². The van der Waals surface area contributed by atoms with E-state index in [2.05, 4.69) is 4.98 Å². The SMILES string of the molecule is Fc1nc(Cl)c(C(F)F)cc1Cl. The summed E-state index contributed by atoms with van der Waals surface area (Å²) < 4.78 is 36.5. The van der Waals surface area contributed by atoms with Crippen LogP contribution in [-0.2, 0) is 0 Å². The second-order valence-electron chi connectivity index (χ2n) is 1.94. The number of nitrogens with zero attached hydrogens (tertiary/aromatic N) is 1. The lowest BCUT2D eigenvalue weighted by molar-refractivity contribution is 0.151. The molecule has 0 atom stereocenters. The standard InChI is InChI=1S/C6H2Cl2F3N/c7-3-1-2(5(9)10)4(8)12-6(3)11/h1,5H. The number of hydrogen-bond donors (Lipinski definition) is 0. The zero-order chi connectivity index (χ0) is 9.30. The van der Waals surface area contributed by atoms with E-state index in [1.54, 1.807) is 0 Å². The molecular weight excluding hydrogens is 214 g/mol. The van der Waals surface area contributed by atoms with E-state index in [1.807, 2.05) is 0 Å². The Kier molecular flexibility index (Phi) is 2.80. The average Bonchev–Trinajstić information content (AvgIpc) is 1.96. The summed E-state index contributed by atoms with van der Waals surface area (Å²) in [5, 5.41) is -1.03. The predicted molar refractivity (Wildman–Crippen MR) is 39.2 cm³/mol. The summed E-state index contributed by atoms with van der Waals surface area (Å²) in [6, 6.07) is 0.761. The Morgan fingerprint density at radius 1 is 1.33 bits per heavy atom. The number of rotatable bonds is 1. The summed E-state index contributed by atoms with van der Waals surface area (Å²) in [5.74, 6) is -1.05. The monoisotopic (exact) mass is 215 g/mol. The molecule has 1 nitrogen and oxygen atoms in total. The fourth-order valence-electron chi connectivity index (χ4n) is 0.613. The number of aromatic nitrogens is 1. The van der Waals surface area contributed by atoms with E-state index < -0.39 is 28.1 Å². The van der Waals surface area contributed by atoms with Crippen LogP contribution in [0.25, 0.3) is 0 Å². The molecule has 1 aromatic heterocycles. The van der Waals surface area contributed by atoms with E-state index in [1.165, 1.54) is 0 Å². The molecule has 1 rings (SSSR count). The van der Waals surface area contributed by atoms with Crippen molar-refractivity contribution >= 4 is 23.2 Å². The Morgan fingerprint density at radius 2 is 1.92 bits per heavy atom. The minimum absolute atomic E-state index is 0.463. The molecule has 0 saturated carbocycles.